The van der Waals surface area contributed by atoms with Crippen molar-refractivity contribution in [3.8, 4) is 0 Å². The van der Waals surface area contributed by atoms with Crippen molar-refractivity contribution in [1.82, 2.24) is 16.0 Å². The van der Waals surface area contributed by atoms with Gasteiger partial charge in [0.25, 0.3) is 0 Å². The Bertz CT molecular complexity index is 432. The summed E-state index contributed by atoms with van der Waals surface area (Å²) in [5.74, 6) is -1.23. The minimum atomic E-state index is -1.04. The van der Waals surface area contributed by atoms with Crippen LogP contribution in [0.25, 0.3) is 0 Å². The maximum absolute atomic E-state index is 12.1. The van der Waals surface area contributed by atoms with Gasteiger partial charge in [0.1, 0.15) is 5.76 Å². The van der Waals surface area contributed by atoms with Crippen LogP contribution in [-0.4, -0.2) is 52.3 Å². The van der Waals surface area contributed by atoms with Crippen molar-refractivity contribution in [3.63, 3.8) is 0 Å². The second-order valence-electron chi connectivity index (χ2n) is 6.20. The van der Waals surface area contributed by atoms with Gasteiger partial charge < -0.3 is 20.8 Å². The molecule has 21 heavy (non-hydrogen) atoms. The summed E-state index contributed by atoms with van der Waals surface area (Å²) in [5.41, 5.74) is -0.323. The summed E-state index contributed by atoms with van der Waals surface area (Å²) in [6.07, 6.45) is 1.42. The third-order valence-corrected chi connectivity index (χ3v) is 3.12. The van der Waals surface area contributed by atoms with Crippen LogP contribution in [0.1, 0.15) is 34.1 Å². The summed E-state index contributed by atoms with van der Waals surface area (Å²) in [4.78, 5) is 22.9. The average molecular weight is 299 g/mol. The number of carbonyl (C=O) groups excluding carboxylic acids is 1. The van der Waals surface area contributed by atoms with Gasteiger partial charge in [-0.15, -0.1) is 0 Å². The van der Waals surface area contributed by atoms with E-state index < -0.39 is 12.0 Å². The third kappa shape index (κ3) is 5.73. The van der Waals surface area contributed by atoms with E-state index in [1.54, 1.807) is 6.08 Å². The minimum absolute atomic E-state index is 0.00284. The van der Waals surface area contributed by atoms with Crippen LogP contribution in [-0.2, 0) is 9.59 Å². The van der Waals surface area contributed by atoms with E-state index in [9.17, 15) is 14.7 Å². The second kappa shape index (κ2) is 6.91. The molecule has 0 bridgehead atoms. The number of aliphatic carboxylic acids is 1. The molecule has 1 aliphatic rings. The number of aliphatic hydroxyl groups excluding tert-OH is 1. The van der Waals surface area contributed by atoms with E-state index in [0.717, 1.165) is 0 Å². The van der Waals surface area contributed by atoms with Gasteiger partial charge in [0.15, 0.2) is 0 Å². The highest BCUT2D eigenvalue weighted by molar-refractivity contribution is 5.86. The fourth-order valence-corrected chi connectivity index (χ4v) is 2.32. The van der Waals surface area contributed by atoms with Gasteiger partial charge in [-0.25, -0.2) is 0 Å². The molecule has 7 heteroatoms. The molecule has 1 amide bonds. The number of amides is 1. The summed E-state index contributed by atoms with van der Waals surface area (Å²) in [6.45, 7) is 7.73. The number of carboxylic acid groups (broad SMARTS) is 1. The second-order valence-corrected chi connectivity index (χ2v) is 6.20. The normalized spacial score (nSPS) is 22.0. The largest absolute Gasteiger partial charge is 0.511 e. The first-order chi connectivity index (χ1) is 9.60. The number of nitrogens with one attached hydrogen (secondary N) is 3. The first-order valence-electron chi connectivity index (χ1n) is 7.05. The SMILES string of the molecule is CC(C)N[C@@H](CC(=O)O)C(=O)NC[C@H]1NC(C)(C)C=C1O. The quantitative estimate of drug-likeness (QED) is 0.457. The van der Waals surface area contributed by atoms with Crippen LogP contribution in [0.5, 0.6) is 0 Å². The highest BCUT2D eigenvalue weighted by atomic mass is 16.4. The van der Waals surface area contributed by atoms with Crippen molar-refractivity contribution >= 4 is 11.9 Å². The molecular formula is C14H25N3O4. The van der Waals surface area contributed by atoms with E-state index in [-0.39, 0.29) is 42.3 Å². The molecule has 0 radical (unpaired) electrons. The zero-order chi connectivity index (χ0) is 16.2. The molecule has 0 saturated carbocycles. The Morgan fingerprint density at radius 2 is 2.05 bits per heavy atom. The van der Waals surface area contributed by atoms with Crippen LogP contribution < -0.4 is 16.0 Å². The Morgan fingerprint density at radius 1 is 1.43 bits per heavy atom. The number of aliphatic hydroxyl groups is 1. The van der Waals surface area contributed by atoms with Crippen LogP contribution in [0.2, 0.25) is 0 Å². The fraction of sp³-hybridized carbons (Fsp3) is 0.714. The summed E-state index contributed by atoms with van der Waals surface area (Å²) in [5, 5.41) is 27.4. The van der Waals surface area contributed by atoms with E-state index in [0.29, 0.717) is 0 Å². The molecule has 0 aromatic rings. The van der Waals surface area contributed by atoms with E-state index >= 15 is 0 Å². The van der Waals surface area contributed by atoms with Crippen LogP contribution in [0.3, 0.4) is 0 Å². The Hall–Kier alpha value is -1.60. The zero-order valence-corrected chi connectivity index (χ0v) is 12.9. The molecule has 1 aliphatic heterocycles. The van der Waals surface area contributed by atoms with Crippen molar-refractivity contribution in [2.45, 2.75) is 57.8 Å². The van der Waals surface area contributed by atoms with Gasteiger partial charge in [0.05, 0.1) is 18.5 Å². The smallest absolute Gasteiger partial charge is 0.305 e. The molecule has 0 spiro atoms. The molecule has 1 rings (SSSR count). The van der Waals surface area contributed by atoms with Gasteiger partial charge in [-0.3, -0.25) is 14.9 Å². The summed E-state index contributed by atoms with van der Waals surface area (Å²) < 4.78 is 0. The van der Waals surface area contributed by atoms with Gasteiger partial charge in [0, 0.05) is 18.1 Å². The molecule has 120 valence electrons. The lowest BCUT2D eigenvalue weighted by Crippen LogP contribution is -2.51. The molecule has 0 aromatic heterocycles. The maximum atomic E-state index is 12.1. The lowest BCUT2D eigenvalue weighted by atomic mass is 10.1. The monoisotopic (exact) mass is 299 g/mol. The number of hydrogen-bond acceptors (Lipinski definition) is 5. The summed E-state index contributed by atoms with van der Waals surface area (Å²) in [7, 11) is 0. The van der Waals surface area contributed by atoms with E-state index in [1.807, 2.05) is 27.7 Å². The summed E-state index contributed by atoms with van der Waals surface area (Å²) >= 11 is 0. The molecule has 1 heterocycles. The standard InChI is InChI=1S/C14H25N3O4/c1-8(2)16-9(5-12(19)20)13(21)15-7-10-11(18)6-14(3,4)17-10/h6,8-10,16-18H,5,7H2,1-4H3,(H,15,21)(H,19,20)/t9-,10+/m0/s1. The lowest BCUT2D eigenvalue weighted by molar-refractivity contribution is -0.140. The Kier molecular flexibility index (Phi) is 5.74. The molecule has 0 aromatic carbocycles. The fourth-order valence-electron chi connectivity index (χ4n) is 2.32. The summed E-state index contributed by atoms with van der Waals surface area (Å²) in [6, 6.07) is -1.14. The maximum Gasteiger partial charge on any atom is 0.305 e. The molecule has 0 fully saturated rings. The van der Waals surface area contributed by atoms with E-state index in [1.165, 1.54) is 0 Å². The third-order valence-electron chi connectivity index (χ3n) is 3.12. The van der Waals surface area contributed by atoms with Gasteiger partial charge in [-0.05, 0) is 19.9 Å². The Morgan fingerprint density at radius 3 is 2.48 bits per heavy atom. The molecule has 0 saturated heterocycles. The topological polar surface area (TPSA) is 111 Å². The Labute approximate surface area is 124 Å². The van der Waals surface area contributed by atoms with Crippen molar-refractivity contribution in [2.24, 2.45) is 0 Å². The predicted octanol–water partition coefficient (Wildman–Crippen LogP) is 0.136. The van der Waals surface area contributed by atoms with Gasteiger partial charge in [0.2, 0.25) is 5.91 Å². The van der Waals surface area contributed by atoms with Gasteiger partial charge in [-0.2, -0.15) is 0 Å². The minimum Gasteiger partial charge on any atom is -0.511 e. The first-order valence-corrected chi connectivity index (χ1v) is 7.05. The van der Waals surface area contributed by atoms with Crippen molar-refractivity contribution in [3.05, 3.63) is 11.8 Å². The highest BCUT2D eigenvalue weighted by Crippen LogP contribution is 2.18. The van der Waals surface area contributed by atoms with Crippen LogP contribution >= 0.6 is 0 Å². The molecule has 2 atom stereocenters. The molecule has 5 N–H and O–H groups in total. The highest BCUT2D eigenvalue weighted by Gasteiger charge is 2.31. The number of carbonyl (C=O) groups is 2. The van der Waals surface area contributed by atoms with Crippen molar-refractivity contribution < 1.29 is 19.8 Å². The zero-order valence-electron chi connectivity index (χ0n) is 12.9. The first kappa shape index (κ1) is 17.5. The molecule has 0 unspecified atom stereocenters. The Balaban J connectivity index is 2.54. The molecular weight excluding hydrogens is 274 g/mol. The van der Waals surface area contributed by atoms with Crippen LogP contribution in [0, 0.1) is 0 Å². The van der Waals surface area contributed by atoms with Crippen LogP contribution in [0.4, 0.5) is 0 Å². The lowest BCUT2D eigenvalue weighted by Gasteiger charge is -2.23. The van der Waals surface area contributed by atoms with Crippen molar-refractivity contribution in [1.29, 1.82) is 0 Å². The number of rotatable bonds is 7. The van der Waals surface area contributed by atoms with Gasteiger partial charge >= 0.3 is 5.97 Å². The predicted molar refractivity (Wildman–Crippen MR) is 79.0 cm³/mol. The molecule has 0 aliphatic carbocycles. The van der Waals surface area contributed by atoms with E-state index in [4.69, 9.17) is 5.11 Å². The van der Waals surface area contributed by atoms with Crippen molar-refractivity contribution in [2.75, 3.05) is 6.54 Å². The molecule has 7 nitrogen and oxygen atoms in total. The van der Waals surface area contributed by atoms with Crippen LogP contribution in [0.15, 0.2) is 11.8 Å². The van der Waals surface area contributed by atoms with Gasteiger partial charge in [-0.1, -0.05) is 13.8 Å². The number of carboxylic acids is 1. The van der Waals surface area contributed by atoms with E-state index in [2.05, 4.69) is 16.0 Å². The average Bonchev–Trinajstić information content (AvgIpc) is 2.57. The number of hydrogen-bond donors (Lipinski definition) is 5.